The highest BCUT2D eigenvalue weighted by Gasteiger charge is 2.38. The maximum atomic E-state index is 13.5. The summed E-state index contributed by atoms with van der Waals surface area (Å²) in [5.74, 6) is 0.415. The van der Waals surface area contributed by atoms with Gasteiger partial charge in [-0.15, -0.1) is 0 Å². The number of hydrogen-bond acceptors (Lipinski definition) is 5. The second kappa shape index (κ2) is 13.6. The lowest BCUT2D eigenvalue weighted by Gasteiger charge is -2.32. The van der Waals surface area contributed by atoms with E-state index < -0.39 is 29.5 Å². The van der Waals surface area contributed by atoms with E-state index in [9.17, 15) is 35.9 Å². The van der Waals surface area contributed by atoms with Gasteiger partial charge in [0, 0.05) is 13.6 Å². The minimum absolute atomic E-state index is 0.00122. The number of hydrogen-bond donors (Lipinski definition) is 1. The third-order valence-electron chi connectivity index (χ3n) is 6.73. The molecule has 0 saturated carbocycles. The number of nitrogens with one attached hydrogen (secondary N) is 1. The molecule has 2 atom stereocenters. The zero-order valence-corrected chi connectivity index (χ0v) is 22.6. The Labute approximate surface area is 223 Å². The lowest BCUT2D eigenvalue weighted by molar-refractivity contribution is -0.143. The second-order valence-electron chi connectivity index (χ2n) is 9.42. The summed E-state index contributed by atoms with van der Waals surface area (Å²) in [6.07, 6.45) is -5.98. The quantitative estimate of drug-likeness (QED) is 0.155. The van der Waals surface area contributed by atoms with Crippen LogP contribution >= 0.6 is 11.8 Å². The van der Waals surface area contributed by atoms with E-state index in [1.807, 2.05) is 19.9 Å². The molecule has 1 unspecified atom stereocenters. The first-order chi connectivity index (χ1) is 17.7. The molecule has 38 heavy (non-hydrogen) atoms. The lowest BCUT2D eigenvalue weighted by Crippen LogP contribution is -2.44. The smallest absolute Gasteiger partial charge is 0.359 e. The van der Waals surface area contributed by atoms with E-state index in [1.165, 1.54) is 6.92 Å². The molecule has 5 nitrogen and oxygen atoms in total. The zero-order valence-electron chi connectivity index (χ0n) is 21.7. The van der Waals surface area contributed by atoms with Crippen molar-refractivity contribution >= 4 is 29.0 Å². The first-order valence-electron chi connectivity index (χ1n) is 12.3. The number of allylic oxidation sites excluding steroid dienone is 1. The van der Waals surface area contributed by atoms with E-state index in [0.717, 1.165) is 24.2 Å². The summed E-state index contributed by atoms with van der Waals surface area (Å²) in [4.78, 5) is 30.1. The Morgan fingerprint density at radius 3 is 2.29 bits per heavy atom. The van der Waals surface area contributed by atoms with Gasteiger partial charge in [0.15, 0.2) is 11.4 Å². The summed E-state index contributed by atoms with van der Waals surface area (Å²) < 4.78 is 79.4. The van der Waals surface area contributed by atoms with E-state index >= 15 is 0 Å². The third-order valence-corrected chi connectivity index (χ3v) is 7.41. The normalized spacial score (nSPS) is 18.3. The highest BCUT2D eigenvalue weighted by atomic mass is 32.2. The molecule has 1 fully saturated rings. The fourth-order valence-electron chi connectivity index (χ4n) is 4.39. The molecule has 1 saturated heterocycles. The molecule has 0 aliphatic carbocycles. The average Bonchev–Trinajstić information content (AvgIpc) is 2.84. The summed E-state index contributed by atoms with van der Waals surface area (Å²) >= 11 is 0.933. The fourth-order valence-corrected chi connectivity index (χ4v) is 5.02. The van der Waals surface area contributed by atoms with Crippen molar-refractivity contribution in [3.63, 3.8) is 0 Å². The van der Waals surface area contributed by atoms with Gasteiger partial charge in [0.25, 0.3) is 0 Å². The first-order valence-corrected chi connectivity index (χ1v) is 13.1. The third kappa shape index (κ3) is 8.86. The van der Waals surface area contributed by atoms with Crippen molar-refractivity contribution in [3.8, 4) is 0 Å². The number of thioether (sulfide) groups is 1. The summed E-state index contributed by atoms with van der Waals surface area (Å²) in [5, 5.41) is 3.16. The van der Waals surface area contributed by atoms with Gasteiger partial charge in [0.1, 0.15) is 5.84 Å². The SMILES string of the molecule is CC[C@H](C)C(NC(=NC)/C(=C/C1CCN(Cc2ccc(C(F)(F)F)cc2C(F)(F)F)CC1)SC=O)C(C)=O. The van der Waals surface area contributed by atoms with Gasteiger partial charge in [0.05, 0.1) is 22.1 Å². The van der Waals surface area contributed by atoms with Crippen LogP contribution in [0.15, 0.2) is 34.2 Å². The molecule has 212 valence electrons. The van der Waals surface area contributed by atoms with Crippen LogP contribution in [-0.2, 0) is 28.5 Å². The predicted octanol–water partition coefficient (Wildman–Crippen LogP) is 6.37. The topological polar surface area (TPSA) is 61.8 Å². The number of carbonyl (C=O) groups is 2. The molecule has 12 heteroatoms. The number of alkyl halides is 6. The fraction of sp³-hybridized carbons (Fsp3) is 0.577. The van der Waals surface area contributed by atoms with Crippen LogP contribution in [0.1, 0.15) is 56.7 Å². The number of rotatable bonds is 10. The van der Waals surface area contributed by atoms with Gasteiger partial charge < -0.3 is 5.32 Å². The Morgan fingerprint density at radius 1 is 1.18 bits per heavy atom. The number of ketones is 1. The molecule has 0 radical (unpaired) electrons. The second-order valence-corrected chi connectivity index (χ2v) is 10.3. The van der Waals surface area contributed by atoms with Crippen LogP contribution < -0.4 is 5.32 Å². The number of likely N-dealkylation sites (tertiary alicyclic amines) is 1. The number of amidine groups is 1. The van der Waals surface area contributed by atoms with Gasteiger partial charge in [0.2, 0.25) is 0 Å². The largest absolute Gasteiger partial charge is 0.416 e. The van der Waals surface area contributed by atoms with Crippen molar-refractivity contribution in [2.45, 2.75) is 65.0 Å². The number of carbonyl (C=O) groups excluding carboxylic acids is 2. The van der Waals surface area contributed by atoms with Crippen LogP contribution in [0, 0.1) is 11.8 Å². The monoisotopic (exact) mass is 565 g/mol. The van der Waals surface area contributed by atoms with Crippen LogP contribution in [0.25, 0.3) is 0 Å². The molecule has 1 aliphatic rings. The van der Waals surface area contributed by atoms with Gasteiger partial charge in [-0.3, -0.25) is 19.5 Å². The maximum absolute atomic E-state index is 13.5. The summed E-state index contributed by atoms with van der Waals surface area (Å²) in [7, 11) is 1.56. The number of piperidine rings is 1. The first kappa shape index (κ1) is 31.9. The van der Waals surface area contributed by atoms with E-state index in [0.29, 0.717) is 48.4 Å². The van der Waals surface area contributed by atoms with Crippen molar-refractivity contribution in [2.24, 2.45) is 16.8 Å². The van der Waals surface area contributed by atoms with E-state index in [-0.39, 0.29) is 35.8 Å². The standard InChI is InChI=1S/C26H33F6N3O2S/c1-5-16(2)23(17(3)37)34-24(33-4)22(38-15-36)12-18-8-10-35(11-9-18)14-19-6-7-20(25(27,28)29)13-21(19)26(30,31)32/h6-7,12-13,15-16,18,23H,5,8-11,14H2,1-4H3,(H,33,34)/b22-12-/t16-,23?/m0/s1. The van der Waals surface area contributed by atoms with Crippen LogP contribution in [0.3, 0.4) is 0 Å². The van der Waals surface area contributed by atoms with Crippen molar-refractivity contribution in [2.75, 3.05) is 20.1 Å². The Kier molecular flexibility index (Phi) is 11.4. The van der Waals surface area contributed by atoms with Crippen molar-refractivity contribution in [3.05, 3.63) is 45.9 Å². The Hall–Kier alpha value is -2.34. The Balaban J connectivity index is 2.15. The molecule has 1 aromatic rings. The number of benzene rings is 1. The van der Waals surface area contributed by atoms with Gasteiger partial charge in [-0.2, -0.15) is 26.3 Å². The molecule has 1 heterocycles. The Bertz CT molecular complexity index is 1030. The predicted molar refractivity (Wildman–Crippen MR) is 137 cm³/mol. The number of Topliss-reactive ketones (excluding diaryl/α,β-unsaturated/α-hetero) is 1. The zero-order chi connectivity index (χ0) is 28.7. The minimum Gasteiger partial charge on any atom is -0.359 e. The van der Waals surface area contributed by atoms with Crippen molar-refractivity contribution in [1.29, 1.82) is 0 Å². The number of halogens is 6. The van der Waals surface area contributed by atoms with Crippen LogP contribution in [0.4, 0.5) is 26.3 Å². The molecule has 1 N–H and O–H groups in total. The van der Waals surface area contributed by atoms with Crippen LogP contribution in [0.2, 0.25) is 0 Å². The summed E-state index contributed by atoms with van der Waals surface area (Å²) in [6, 6.07) is 1.27. The molecule has 0 amide bonds. The maximum Gasteiger partial charge on any atom is 0.416 e. The molecule has 0 spiro atoms. The molecule has 0 bridgehead atoms. The van der Waals surface area contributed by atoms with E-state index in [1.54, 1.807) is 11.9 Å². The molecule has 1 aliphatic heterocycles. The van der Waals surface area contributed by atoms with Gasteiger partial charge >= 0.3 is 12.4 Å². The van der Waals surface area contributed by atoms with Crippen molar-refractivity contribution in [1.82, 2.24) is 10.2 Å². The van der Waals surface area contributed by atoms with Gasteiger partial charge in [-0.1, -0.05) is 44.2 Å². The average molecular weight is 566 g/mol. The Morgan fingerprint density at radius 2 is 1.82 bits per heavy atom. The number of aliphatic imine (C=N–C) groups is 1. The molecular formula is C26H33F6N3O2S. The lowest BCUT2D eigenvalue weighted by atomic mass is 9.94. The summed E-state index contributed by atoms with van der Waals surface area (Å²) in [6.45, 7) is 6.12. The molecule has 2 rings (SSSR count). The van der Waals surface area contributed by atoms with E-state index in [2.05, 4.69) is 10.3 Å². The molecule has 0 aromatic heterocycles. The number of nitrogens with zero attached hydrogens (tertiary/aromatic N) is 2. The summed E-state index contributed by atoms with van der Waals surface area (Å²) in [5.41, 5.74) is -2.15. The molecular weight excluding hydrogens is 532 g/mol. The van der Waals surface area contributed by atoms with Gasteiger partial charge in [-0.05, 0) is 62.4 Å². The minimum atomic E-state index is -4.91. The molecule has 1 aromatic carbocycles. The highest BCUT2D eigenvalue weighted by Crippen LogP contribution is 2.38. The van der Waals surface area contributed by atoms with Crippen LogP contribution in [-0.4, -0.2) is 48.3 Å². The van der Waals surface area contributed by atoms with Gasteiger partial charge in [-0.25, -0.2) is 0 Å². The van der Waals surface area contributed by atoms with E-state index in [4.69, 9.17) is 0 Å². The van der Waals surface area contributed by atoms with Crippen LogP contribution in [0.5, 0.6) is 0 Å². The highest BCUT2D eigenvalue weighted by molar-refractivity contribution is 8.16. The van der Waals surface area contributed by atoms with Crippen molar-refractivity contribution < 1.29 is 35.9 Å².